The number of hydrogen-bond acceptors (Lipinski definition) is 3. The van der Waals surface area contributed by atoms with Crippen LogP contribution in [0.1, 0.15) is 37.0 Å². The lowest BCUT2D eigenvalue weighted by Crippen LogP contribution is -2.41. The molecule has 0 saturated heterocycles. The predicted octanol–water partition coefficient (Wildman–Crippen LogP) is 2.15. The van der Waals surface area contributed by atoms with Gasteiger partial charge < -0.3 is 10.1 Å². The average molecular weight is 249 g/mol. The molecule has 1 amide bonds. The third-order valence-electron chi connectivity index (χ3n) is 2.49. The Kier molecular flexibility index (Phi) is 5.91. The van der Waals surface area contributed by atoms with Crippen LogP contribution in [0.3, 0.4) is 0 Å². The van der Waals surface area contributed by atoms with Gasteiger partial charge in [0.25, 0.3) is 5.91 Å². The highest BCUT2D eigenvalue weighted by Gasteiger charge is 2.21. The number of carbonyl (C=O) groups is 2. The standard InChI is InChI=1S/C14H19NO3/c1-3-8-12(14(17)18-4-2)15-13(16)11-9-6-5-7-10-11/h5-7,9-10,12H,3-4,8H2,1-2H3,(H,15,16)/t12-/m0/s1. The summed E-state index contributed by atoms with van der Waals surface area (Å²) in [7, 11) is 0. The maximum atomic E-state index is 11.9. The number of hydrogen-bond donors (Lipinski definition) is 1. The molecule has 0 heterocycles. The first-order valence-electron chi connectivity index (χ1n) is 6.21. The second kappa shape index (κ2) is 7.48. The van der Waals surface area contributed by atoms with Crippen LogP contribution in [0.15, 0.2) is 30.3 Å². The zero-order valence-corrected chi connectivity index (χ0v) is 10.8. The molecule has 0 aliphatic heterocycles. The van der Waals surface area contributed by atoms with Crippen LogP contribution in [0.25, 0.3) is 0 Å². The third-order valence-corrected chi connectivity index (χ3v) is 2.49. The molecule has 0 unspecified atom stereocenters. The maximum absolute atomic E-state index is 11.9. The molecule has 1 aromatic carbocycles. The molecular weight excluding hydrogens is 230 g/mol. The van der Waals surface area contributed by atoms with Crippen LogP contribution in [0, 0.1) is 0 Å². The summed E-state index contributed by atoms with van der Waals surface area (Å²) in [6, 6.07) is 8.27. The van der Waals surface area contributed by atoms with E-state index in [1.165, 1.54) is 0 Å². The maximum Gasteiger partial charge on any atom is 0.328 e. The van der Waals surface area contributed by atoms with E-state index in [9.17, 15) is 9.59 Å². The van der Waals surface area contributed by atoms with Crippen molar-refractivity contribution in [2.45, 2.75) is 32.7 Å². The van der Waals surface area contributed by atoms with Crippen molar-refractivity contribution in [2.24, 2.45) is 0 Å². The largest absolute Gasteiger partial charge is 0.464 e. The van der Waals surface area contributed by atoms with Crippen LogP contribution < -0.4 is 5.32 Å². The second-order valence-electron chi connectivity index (χ2n) is 3.93. The van der Waals surface area contributed by atoms with Crippen LogP contribution in [-0.2, 0) is 9.53 Å². The number of ether oxygens (including phenoxy) is 1. The summed E-state index contributed by atoms with van der Waals surface area (Å²) in [5.74, 6) is -0.620. The number of rotatable bonds is 6. The summed E-state index contributed by atoms with van der Waals surface area (Å²) >= 11 is 0. The van der Waals surface area contributed by atoms with Crippen molar-refractivity contribution in [1.29, 1.82) is 0 Å². The van der Waals surface area contributed by atoms with Crippen LogP contribution in [0.5, 0.6) is 0 Å². The first-order valence-corrected chi connectivity index (χ1v) is 6.21. The van der Waals surface area contributed by atoms with Gasteiger partial charge in [0, 0.05) is 5.56 Å². The molecule has 0 fully saturated rings. The molecular formula is C14H19NO3. The minimum atomic E-state index is -0.567. The fourth-order valence-corrected chi connectivity index (χ4v) is 1.61. The molecule has 0 bridgehead atoms. The van der Waals surface area contributed by atoms with Crippen molar-refractivity contribution in [3.05, 3.63) is 35.9 Å². The van der Waals surface area contributed by atoms with Crippen molar-refractivity contribution >= 4 is 11.9 Å². The van der Waals surface area contributed by atoms with Crippen LogP contribution in [0.4, 0.5) is 0 Å². The van der Waals surface area contributed by atoms with E-state index in [-0.39, 0.29) is 11.9 Å². The normalized spacial score (nSPS) is 11.7. The minimum absolute atomic E-state index is 0.248. The van der Waals surface area contributed by atoms with E-state index in [4.69, 9.17) is 4.74 Å². The molecule has 0 radical (unpaired) electrons. The number of carbonyl (C=O) groups excluding carboxylic acids is 2. The van der Waals surface area contributed by atoms with Gasteiger partial charge in [-0.3, -0.25) is 4.79 Å². The van der Waals surface area contributed by atoms with Gasteiger partial charge in [0.2, 0.25) is 0 Å². The summed E-state index contributed by atoms with van der Waals surface area (Å²) < 4.78 is 4.94. The number of benzene rings is 1. The zero-order chi connectivity index (χ0) is 13.4. The van der Waals surface area contributed by atoms with Crippen molar-refractivity contribution in [3.63, 3.8) is 0 Å². The lowest BCUT2D eigenvalue weighted by molar-refractivity contribution is -0.145. The van der Waals surface area contributed by atoms with Gasteiger partial charge in [0.05, 0.1) is 6.61 Å². The lowest BCUT2D eigenvalue weighted by atomic mass is 10.1. The molecule has 0 aromatic heterocycles. The summed E-state index contributed by atoms with van der Waals surface area (Å²) in [5, 5.41) is 2.71. The van der Waals surface area contributed by atoms with E-state index in [1.54, 1.807) is 31.2 Å². The Balaban J connectivity index is 2.66. The molecule has 0 aliphatic rings. The molecule has 1 aromatic rings. The molecule has 98 valence electrons. The minimum Gasteiger partial charge on any atom is -0.464 e. The van der Waals surface area contributed by atoms with Gasteiger partial charge >= 0.3 is 5.97 Å². The number of amides is 1. The molecule has 4 nitrogen and oxygen atoms in total. The van der Waals surface area contributed by atoms with Crippen molar-refractivity contribution in [3.8, 4) is 0 Å². The molecule has 0 saturated carbocycles. The molecule has 1 rings (SSSR count). The Morgan fingerprint density at radius 1 is 1.22 bits per heavy atom. The molecule has 18 heavy (non-hydrogen) atoms. The van der Waals surface area contributed by atoms with E-state index in [2.05, 4.69) is 5.32 Å². The van der Waals surface area contributed by atoms with Crippen molar-refractivity contribution in [1.82, 2.24) is 5.32 Å². The fourth-order valence-electron chi connectivity index (χ4n) is 1.61. The molecule has 1 N–H and O–H groups in total. The quantitative estimate of drug-likeness (QED) is 0.786. The molecule has 0 spiro atoms. The van der Waals surface area contributed by atoms with Gasteiger partial charge in [-0.05, 0) is 25.5 Å². The summed E-state index contributed by atoms with van der Waals surface area (Å²) in [6.45, 7) is 4.03. The monoisotopic (exact) mass is 249 g/mol. The third kappa shape index (κ3) is 4.20. The zero-order valence-electron chi connectivity index (χ0n) is 10.8. The first-order chi connectivity index (χ1) is 8.69. The molecule has 1 atom stereocenters. The van der Waals surface area contributed by atoms with Gasteiger partial charge in [-0.1, -0.05) is 31.5 Å². The van der Waals surface area contributed by atoms with E-state index >= 15 is 0 Å². The first kappa shape index (κ1) is 14.2. The van der Waals surface area contributed by atoms with Crippen molar-refractivity contribution < 1.29 is 14.3 Å². The highest BCUT2D eigenvalue weighted by atomic mass is 16.5. The smallest absolute Gasteiger partial charge is 0.328 e. The van der Waals surface area contributed by atoms with Gasteiger partial charge in [-0.25, -0.2) is 4.79 Å². The Labute approximate surface area is 107 Å². The van der Waals surface area contributed by atoms with E-state index in [1.807, 2.05) is 13.0 Å². The van der Waals surface area contributed by atoms with E-state index in [0.29, 0.717) is 18.6 Å². The summed E-state index contributed by atoms with van der Waals surface area (Å²) in [6.07, 6.45) is 1.38. The second-order valence-corrected chi connectivity index (χ2v) is 3.93. The molecule has 4 heteroatoms. The Bertz CT molecular complexity index is 389. The van der Waals surface area contributed by atoms with E-state index < -0.39 is 6.04 Å². The van der Waals surface area contributed by atoms with Gasteiger partial charge in [-0.15, -0.1) is 0 Å². The van der Waals surface area contributed by atoms with Crippen molar-refractivity contribution in [2.75, 3.05) is 6.61 Å². The van der Waals surface area contributed by atoms with Gasteiger partial charge in [0.15, 0.2) is 0 Å². The number of esters is 1. The fraction of sp³-hybridized carbons (Fsp3) is 0.429. The average Bonchev–Trinajstić information content (AvgIpc) is 2.39. The molecule has 0 aliphatic carbocycles. The summed E-state index contributed by atoms with van der Waals surface area (Å²) in [4.78, 5) is 23.6. The van der Waals surface area contributed by atoms with Gasteiger partial charge in [-0.2, -0.15) is 0 Å². The predicted molar refractivity (Wildman–Crippen MR) is 69.2 cm³/mol. The Hall–Kier alpha value is -1.84. The van der Waals surface area contributed by atoms with Crippen LogP contribution >= 0.6 is 0 Å². The van der Waals surface area contributed by atoms with Crippen LogP contribution in [-0.4, -0.2) is 24.5 Å². The Morgan fingerprint density at radius 2 is 1.89 bits per heavy atom. The van der Waals surface area contributed by atoms with E-state index in [0.717, 1.165) is 6.42 Å². The Morgan fingerprint density at radius 3 is 2.44 bits per heavy atom. The van der Waals surface area contributed by atoms with Crippen LogP contribution in [0.2, 0.25) is 0 Å². The number of nitrogens with one attached hydrogen (secondary N) is 1. The summed E-state index contributed by atoms with van der Waals surface area (Å²) in [5.41, 5.74) is 0.544. The van der Waals surface area contributed by atoms with Gasteiger partial charge in [0.1, 0.15) is 6.04 Å². The lowest BCUT2D eigenvalue weighted by Gasteiger charge is -2.16. The highest BCUT2D eigenvalue weighted by Crippen LogP contribution is 2.03. The highest BCUT2D eigenvalue weighted by molar-refractivity contribution is 5.96. The topological polar surface area (TPSA) is 55.4 Å². The SMILES string of the molecule is CCC[C@H](NC(=O)c1ccccc1)C(=O)OCC.